The Kier molecular flexibility index (Phi) is 8.61. The first-order valence-electron chi connectivity index (χ1n) is 14.4. The highest BCUT2D eigenvalue weighted by atomic mass is 32.1. The number of pyridine rings is 2. The van der Waals surface area contributed by atoms with Gasteiger partial charge in [0.2, 0.25) is 0 Å². The lowest BCUT2D eigenvalue weighted by molar-refractivity contribution is 0.101. The molecule has 1 saturated carbocycles. The first-order valence-corrected chi connectivity index (χ1v) is 15.2. The first-order chi connectivity index (χ1) is 20.4. The van der Waals surface area contributed by atoms with E-state index in [1.165, 1.54) is 23.5 Å². The summed E-state index contributed by atoms with van der Waals surface area (Å²) >= 11 is 1.50. The summed E-state index contributed by atoms with van der Waals surface area (Å²) < 4.78 is 21.7. The molecule has 1 aliphatic heterocycles. The monoisotopic (exact) mass is 590 g/mol. The zero-order valence-corrected chi connectivity index (χ0v) is 24.4. The van der Waals surface area contributed by atoms with Crippen molar-refractivity contribution in [2.45, 2.75) is 32.4 Å². The molecule has 2 aliphatic rings. The van der Waals surface area contributed by atoms with Gasteiger partial charge in [0, 0.05) is 82.1 Å². The number of aliphatic hydroxyl groups is 1. The molecule has 0 radical (unpaired) electrons. The van der Waals surface area contributed by atoms with Gasteiger partial charge in [0.05, 0.1) is 20.8 Å². The van der Waals surface area contributed by atoms with Gasteiger partial charge in [0.15, 0.2) is 11.6 Å². The number of anilines is 1. The van der Waals surface area contributed by atoms with Gasteiger partial charge < -0.3 is 25.4 Å². The number of thiophene rings is 1. The number of piperazine rings is 1. The van der Waals surface area contributed by atoms with Gasteiger partial charge in [-0.1, -0.05) is 13.0 Å². The van der Waals surface area contributed by atoms with Gasteiger partial charge in [-0.05, 0) is 48.6 Å². The van der Waals surface area contributed by atoms with E-state index in [1.807, 2.05) is 18.3 Å². The number of benzene rings is 1. The van der Waals surface area contributed by atoms with Crippen molar-refractivity contribution in [2.75, 3.05) is 44.6 Å². The van der Waals surface area contributed by atoms with Crippen molar-refractivity contribution in [3.8, 4) is 22.1 Å². The van der Waals surface area contributed by atoms with Gasteiger partial charge in [-0.15, -0.1) is 11.3 Å². The molecule has 1 saturated heterocycles. The van der Waals surface area contributed by atoms with Crippen molar-refractivity contribution in [3.05, 3.63) is 66.2 Å². The fourth-order valence-electron chi connectivity index (χ4n) is 5.03. The van der Waals surface area contributed by atoms with Crippen molar-refractivity contribution in [3.63, 3.8) is 0 Å². The van der Waals surface area contributed by atoms with E-state index in [9.17, 15) is 14.3 Å². The minimum absolute atomic E-state index is 0.0665. The molecule has 2 amide bonds. The third-order valence-electron chi connectivity index (χ3n) is 7.53. The fraction of sp³-hybridized carbons (Fsp3) is 0.387. The van der Waals surface area contributed by atoms with Gasteiger partial charge in [-0.25, -0.2) is 9.18 Å². The number of nitrogens with one attached hydrogen (secondary N) is 2. The Balaban J connectivity index is 1.09. The second-order valence-corrected chi connectivity index (χ2v) is 12.2. The molecule has 0 spiro atoms. The van der Waals surface area contributed by atoms with Crippen molar-refractivity contribution >= 4 is 33.3 Å². The van der Waals surface area contributed by atoms with Crippen molar-refractivity contribution < 1.29 is 19.0 Å². The van der Waals surface area contributed by atoms with E-state index in [2.05, 4.69) is 38.4 Å². The highest BCUT2D eigenvalue weighted by Crippen LogP contribution is 2.39. The van der Waals surface area contributed by atoms with Crippen molar-refractivity contribution in [1.29, 1.82) is 0 Å². The number of fused-ring (bicyclic) bond motifs is 1. The Morgan fingerprint density at radius 2 is 1.90 bits per heavy atom. The summed E-state index contributed by atoms with van der Waals surface area (Å²) in [6, 6.07) is 12.1. The summed E-state index contributed by atoms with van der Waals surface area (Å²) in [5, 5.41) is 14.8. The highest BCUT2D eigenvalue weighted by molar-refractivity contribution is 7.22. The lowest BCUT2D eigenvalue weighted by Crippen LogP contribution is -2.47. The van der Waals surface area contributed by atoms with Gasteiger partial charge >= 0.3 is 6.03 Å². The number of aromatic nitrogens is 2. The van der Waals surface area contributed by atoms with Gasteiger partial charge in [0.1, 0.15) is 5.75 Å². The predicted molar refractivity (Wildman–Crippen MR) is 162 cm³/mol. The molecular formula is C31H35FN6O3S. The zero-order valence-electron chi connectivity index (χ0n) is 23.6. The lowest BCUT2D eigenvalue weighted by atomic mass is 10.1. The second-order valence-electron chi connectivity index (χ2n) is 11.2. The van der Waals surface area contributed by atoms with E-state index < -0.39 is 5.82 Å². The highest BCUT2D eigenvalue weighted by Gasteiger charge is 2.23. The average Bonchev–Trinajstić information content (AvgIpc) is 3.69. The van der Waals surface area contributed by atoms with E-state index in [0.717, 1.165) is 78.5 Å². The van der Waals surface area contributed by atoms with Crippen LogP contribution in [0.15, 0.2) is 54.9 Å². The first kappa shape index (κ1) is 28.5. The normalized spacial score (nSPS) is 16.8. The molecule has 11 heteroatoms. The fourth-order valence-corrected chi connectivity index (χ4v) is 6.07. The van der Waals surface area contributed by atoms with Crippen LogP contribution in [0.4, 0.5) is 14.9 Å². The Labute approximate surface area is 248 Å². The molecule has 0 bridgehead atoms. The molecule has 42 heavy (non-hydrogen) atoms. The van der Waals surface area contributed by atoms with E-state index in [-0.39, 0.29) is 24.4 Å². The summed E-state index contributed by atoms with van der Waals surface area (Å²) in [6.45, 7) is 8.13. The number of rotatable bonds is 10. The number of nitrogens with zero attached hydrogens (tertiary/aromatic N) is 4. The summed E-state index contributed by atoms with van der Waals surface area (Å²) in [5.41, 5.74) is 3.13. The summed E-state index contributed by atoms with van der Waals surface area (Å²) in [5.74, 6) is 0.310. The number of halogens is 1. The summed E-state index contributed by atoms with van der Waals surface area (Å²) in [6.07, 6.45) is 5.53. The minimum atomic E-state index is -0.570. The van der Waals surface area contributed by atoms with Crippen molar-refractivity contribution in [2.24, 2.45) is 5.92 Å². The van der Waals surface area contributed by atoms with Crippen LogP contribution in [0.2, 0.25) is 0 Å². The molecule has 4 aromatic rings. The smallest absolute Gasteiger partial charge is 0.319 e. The second kappa shape index (κ2) is 12.7. The predicted octanol–water partition coefficient (Wildman–Crippen LogP) is 5.32. The Morgan fingerprint density at radius 1 is 1.10 bits per heavy atom. The number of carbonyl (C=O) groups is 1. The Bertz CT molecular complexity index is 1540. The molecule has 2 fully saturated rings. The average molecular weight is 591 g/mol. The number of carbonyl (C=O) groups excluding carboxylic acids is 1. The van der Waals surface area contributed by atoms with Gasteiger partial charge in [0.25, 0.3) is 0 Å². The molecule has 1 aromatic carbocycles. The van der Waals surface area contributed by atoms with E-state index in [1.54, 1.807) is 18.3 Å². The Morgan fingerprint density at radius 3 is 2.62 bits per heavy atom. The largest absolute Gasteiger partial charge is 0.453 e. The molecule has 6 rings (SSSR count). The van der Waals surface area contributed by atoms with Crippen LogP contribution in [0.5, 0.6) is 11.5 Å². The molecule has 4 heterocycles. The third-order valence-corrected chi connectivity index (χ3v) is 8.69. The molecule has 3 aromatic heterocycles. The number of amides is 2. The number of hydrogen-bond acceptors (Lipinski definition) is 8. The third kappa shape index (κ3) is 7.04. The summed E-state index contributed by atoms with van der Waals surface area (Å²) in [4.78, 5) is 27.0. The standard InChI is InChI=1S/C31H35FN6O3S/c1-20(19-39)17-37-10-12-38(13-11-37)18-21-2-6-25(34-16-21)29-15-26-30(42-29)28(8-9-33-26)41-27-7-5-23(14-24(27)32)36-31(40)35-22-3-4-22/h2,5-9,14-16,20,22,39H,3-4,10-13,17-19H2,1H3,(H2,35,36,40). The molecule has 1 atom stereocenters. The van der Waals surface area contributed by atoms with E-state index in [4.69, 9.17) is 9.72 Å². The summed E-state index contributed by atoms with van der Waals surface area (Å²) in [7, 11) is 0. The maximum absolute atomic E-state index is 14.9. The van der Waals surface area contributed by atoms with Crippen LogP contribution in [-0.2, 0) is 6.54 Å². The van der Waals surface area contributed by atoms with E-state index >= 15 is 0 Å². The van der Waals surface area contributed by atoms with Gasteiger partial charge in [-0.2, -0.15) is 0 Å². The number of ether oxygens (including phenoxy) is 1. The van der Waals surface area contributed by atoms with Crippen LogP contribution in [0, 0.1) is 11.7 Å². The molecule has 3 N–H and O–H groups in total. The molecule has 1 aliphatic carbocycles. The molecule has 1 unspecified atom stereocenters. The van der Waals surface area contributed by atoms with Crippen LogP contribution < -0.4 is 15.4 Å². The number of aliphatic hydroxyl groups excluding tert-OH is 1. The quantitative estimate of drug-likeness (QED) is 0.230. The maximum atomic E-state index is 14.9. The number of hydrogen-bond donors (Lipinski definition) is 3. The number of urea groups is 1. The molecular weight excluding hydrogens is 555 g/mol. The lowest BCUT2D eigenvalue weighted by Gasteiger charge is -2.35. The van der Waals surface area contributed by atoms with E-state index in [0.29, 0.717) is 17.4 Å². The van der Waals surface area contributed by atoms with Crippen LogP contribution in [0.3, 0.4) is 0 Å². The zero-order chi connectivity index (χ0) is 29.1. The van der Waals surface area contributed by atoms with Crippen LogP contribution in [0.1, 0.15) is 25.3 Å². The minimum Gasteiger partial charge on any atom is -0.453 e. The maximum Gasteiger partial charge on any atom is 0.319 e. The molecule has 9 nitrogen and oxygen atoms in total. The SMILES string of the molecule is CC(CO)CN1CCN(Cc2ccc(-c3cc4nccc(Oc5ccc(NC(=O)NC6CC6)cc5F)c4s3)nc2)CC1. The molecule has 220 valence electrons. The van der Waals surface area contributed by atoms with Crippen LogP contribution in [-0.4, -0.2) is 76.3 Å². The van der Waals surface area contributed by atoms with Crippen LogP contribution >= 0.6 is 11.3 Å². The van der Waals surface area contributed by atoms with Crippen molar-refractivity contribution in [1.82, 2.24) is 25.1 Å². The topological polar surface area (TPSA) is 103 Å². The Hall–Kier alpha value is -3.64. The van der Waals surface area contributed by atoms with Gasteiger partial charge in [-0.3, -0.25) is 14.9 Å². The van der Waals surface area contributed by atoms with Crippen LogP contribution in [0.25, 0.3) is 20.8 Å².